The Labute approximate surface area is 187 Å². The lowest BCUT2D eigenvalue weighted by Crippen LogP contribution is -2.41. The maximum Gasteiger partial charge on any atom is 0.407 e. The zero-order valence-corrected chi connectivity index (χ0v) is 17.3. The first kappa shape index (κ1) is 23.8. The van der Waals surface area contributed by atoms with Crippen LogP contribution < -0.4 is 5.32 Å². The number of hydrogen-bond donors (Lipinski definition) is 2. The monoisotopic (exact) mass is 462 g/mol. The van der Waals surface area contributed by atoms with Crippen molar-refractivity contribution < 1.29 is 37.4 Å². The van der Waals surface area contributed by atoms with Crippen molar-refractivity contribution in [3.05, 3.63) is 71.8 Å². The summed E-state index contributed by atoms with van der Waals surface area (Å²) in [7, 11) is 0. The van der Waals surface area contributed by atoms with E-state index in [9.17, 15) is 27.6 Å². The Morgan fingerprint density at radius 1 is 1.03 bits per heavy atom. The maximum absolute atomic E-state index is 12.5. The molecule has 0 fully saturated rings. The quantitative estimate of drug-likeness (QED) is 0.585. The van der Waals surface area contributed by atoms with E-state index in [4.69, 9.17) is 9.84 Å². The molecule has 0 saturated carbocycles. The third-order valence-corrected chi connectivity index (χ3v) is 4.98. The highest BCUT2D eigenvalue weighted by atomic mass is 19.4. The van der Waals surface area contributed by atoms with Gasteiger partial charge in [0.1, 0.15) is 19.7 Å². The SMILES string of the molecule is O=C(O)CN(CC(F)(F)F)C(=O)/C=C/CNC(=O)OCC1c2ccccc2-c2ccccc21. The molecule has 0 spiro atoms. The fourth-order valence-electron chi connectivity index (χ4n) is 3.65. The number of rotatable bonds is 8. The molecule has 2 amide bonds. The van der Waals surface area contributed by atoms with Crippen molar-refractivity contribution in [1.29, 1.82) is 0 Å². The van der Waals surface area contributed by atoms with Gasteiger partial charge in [0, 0.05) is 18.5 Å². The van der Waals surface area contributed by atoms with Gasteiger partial charge in [0.2, 0.25) is 5.91 Å². The van der Waals surface area contributed by atoms with E-state index in [2.05, 4.69) is 5.32 Å². The van der Waals surface area contributed by atoms with Crippen molar-refractivity contribution in [3.8, 4) is 11.1 Å². The Balaban J connectivity index is 1.51. The van der Waals surface area contributed by atoms with Crippen LogP contribution in [0.4, 0.5) is 18.0 Å². The number of carbonyl (C=O) groups excluding carboxylic acids is 2. The Morgan fingerprint density at radius 3 is 2.15 bits per heavy atom. The number of nitrogens with one attached hydrogen (secondary N) is 1. The molecular formula is C23H21F3N2O5. The van der Waals surface area contributed by atoms with E-state index in [0.717, 1.165) is 34.4 Å². The smallest absolute Gasteiger partial charge is 0.407 e. The van der Waals surface area contributed by atoms with Crippen LogP contribution >= 0.6 is 0 Å². The Bertz CT molecular complexity index is 1020. The van der Waals surface area contributed by atoms with Crippen LogP contribution in [0, 0.1) is 0 Å². The second kappa shape index (κ2) is 10.2. The summed E-state index contributed by atoms with van der Waals surface area (Å²) < 4.78 is 42.9. The van der Waals surface area contributed by atoms with E-state index in [1.807, 2.05) is 48.5 Å². The molecule has 10 heteroatoms. The number of nitrogens with zero attached hydrogens (tertiary/aromatic N) is 1. The summed E-state index contributed by atoms with van der Waals surface area (Å²) in [5.74, 6) is -2.84. The van der Waals surface area contributed by atoms with Crippen LogP contribution in [0.5, 0.6) is 0 Å². The maximum atomic E-state index is 12.5. The summed E-state index contributed by atoms with van der Waals surface area (Å²) >= 11 is 0. The lowest BCUT2D eigenvalue weighted by atomic mass is 9.98. The average Bonchev–Trinajstić information content (AvgIpc) is 3.07. The molecule has 3 rings (SSSR count). The number of benzene rings is 2. The number of alkyl carbamates (subject to hydrolysis) is 1. The molecule has 7 nitrogen and oxygen atoms in total. The topological polar surface area (TPSA) is 95.9 Å². The molecule has 0 radical (unpaired) electrons. The predicted octanol–water partition coefficient (Wildman–Crippen LogP) is 3.56. The molecule has 2 aromatic rings. The molecule has 0 saturated heterocycles. The first-order chi connectivity index (χ1) is 15.7. The highest BCUT2D eigenvalue weighted by Gasteiger charge is 2.33. The van der Waals surface area contributed by atoms with E-state index in [-0.39, 0.29) is 24.0 Å². The summed E-state index contributed by atoms with van der Waals surface area (Å²) in [4.78, 5) is 34.8. The fraction of sp³-hybridized carbons (Fsp3) is 0.261. The predicted molar refractivity (Wildman–Crippen MR) is 112 cm³/mol. The minimum absolute atomic E-state index is 0.0838. The number of alkyl halides is 3. The number of carbonyl (C=O) groups is 3. The van der Waals surface area contributed by atoms with Crippen molar-refractivity contribution >= 4 is 18.0 Å². The number of carboxylic acid groups (broad SMARTS) is 1. The van der Waals surface area contributed by atoms with Crippen LogP contribution in [0.15, 0.2) is 60.7 Å². The zero-order chi connectivity index (χ0) is 24.0. The van der Waals surface area contributed by atoms with Crippen molar-refractivity contribution in [2.24, 2.45) is 0 Å². The number of ether oxygens (including phenoxy) is 1. The summed E-state index contributed by atoms with van der Waals surface area (Å²) in [5.41, 5.74) is 4.24. The van der Waals surface area contributed by atoms with Gasteiger partial charge in [-0.25, -0.2) is 4.79 Å². The van der Waals surface area contributed by atoms with Gasteiger partial charge in [-0.1, -0.05) is 54.6 Å². The average molecular weight is 462 g/mol. The summed E-state index contributed by atoms with van der Waals surface area (Å²) in [5, 5.41) is 11.1. The molecule has 0 aliphatic heterocycles. The number of fused-ring (bicyclic) bond motifs is 3. The Hall–Kier alpha value is -3.82. The van der Waals surface area contributed by atoms with Crippen LogP contribution in [0.1, 0.15) is 17.0 Å². The normalized spacial score (nSPS) is 12.8. The van der Waals surface area contributed by atoms with Gasteiger partial charge >= 0.3 is 18.2 Å². The molecule has 0 heterocycles. The van der Waals surface area contributed by atoms with Crippen LogP contribution in [0.25, 0.3) is 11.1 Å². The van der Waals surface area contributed by atoms with Gasteiger partial charge in [-0.05, 0) is 22.3 Å². The molecule has 0 bridgehead atoms. The standard InChI is InChI=1S/C23H21F3N2O5/c24-23(25,26)14-28(12-21(30)31)20(29)10-5-11-27-22(32)33-13-19-17-8-3-1-6-15(17)16-7-2-4-9-18(16)19/h1-10,19H,11-14H2,(H,27,32)(H,30,31)/b10-5+. The first-order valence-electron chi connectivity index (χ1n) is 9.98. The van der Waals surface area contributed by atoms with E-state index < -0.39 is 37.2 Å². The zero-order valence-electron chi connectivity index (χ0n) is 17.3. The molecule has 2 N–H and O–H groups in total. The molecule has 0 unspecified atom stereocenters. The van der Waals surface area contributed by atoms with E-state index in [0.29, 0.717) is 0 Å². The Morgan fingerprint density at radius 2 is 1.61 bits per heavy atom. The molecular weight excluding hydrogens is 441 g/mol. The van der Waals surface area contributed by atoms with Crippen LogP contribution in [0.2, 0.25) is 0 Å². The minimum atomic E-state index is -4.74. The van der Waals surface area contributed by atoms with Crippen molar-refractivity contribution in [1.82, 2.24) is 10.2 Å². The number of hydrogen-bond acceptors (Lipinski definition) is 4. The minimum Gasteiger partial charge on any atom is -0.480 e. The fourth-order valence-corrected chi connectivity index (χ4v) is 3.65. The number of carboxylic acids is 1. The summed E-state index contributed by atoms with van der Waals surface area (Å²) in [6, 6.07) is 15.6. The van der Waals surface area contributed by atoms with Crippen molar-refractivity contribution in [3.63, 3.8) is 0 Å². The summed E-state index contributed by atoms with van der Waals surface area (Å²) in [6.07, 6.45) is -3.60. The molecule has 174 valence electrons. The molecule has 0 atom stereocenters. The van der Waals surface area contributed by atoms with Crippen LogP contribution in [-0.2, 0) is 14.3 Å². The highest BCUT2D eigenvalue weighted by molar-refractivity contribution is 5.90. The second-order valence-corrected chi connectivity index (χ2v) is 7.31. The number of aliphatic carboxylic acids is 1. The number of amides is 2. The lowest BCUT2D eigenvalue weighted by Gasteiger charge is -2.20. The van der Waals surface area contributed by atoms with E-state index >= 15 is 0 Å². The van der Waals surface area contributed by atoms with Gasteiger partial charge in [0.25, 0.3) is 0 Å². The molecule has 2 aromatic carbocycles. The molecule has 1 aliphatic rings. The van der Waals surface area contributed by atoms with Gasteiger partial charge in [-0.2, -0.15) is 13.2 Å². The summed E-state index contributed by atoms with van der Waals surface area (Å²) in [6.45, 7) is -2.89. The largest absolute Gasteiger partial charge is 0.480 e. The first-order valence-corrected chi connectivity index (χ1v) is 9.98. The van der Waals surface area contributed by atoms with Crippen LogP contribution in [-0.4, -0.2) is 60.4 Å². The van der Waals surface area contributed by atoms with Crippen molar-refractivity contribution in [2.45, 2.75) is 12.1 Å². The van der Waals surface area contributed by atoms with Gasteiger partial charge in [0.15, 0.2) is 0 Å². The third kappa shape index (κ3) is 6.34. The lowest BCUT2D eigenvalue weighted by molar-refractivity contribution is -0.163. The third-order valence-electron chi connectivity index (χ3n) is 4.98. The van der Waals surface area contributed by atoms with Gasteiger partial charge in [-0.3, -0.25) is 9.59 Å². The molecule has 1 aliphatic carbocycles. The van der Waals surface area contributed by atoms with Gasteiger partial charge in [0.05, 0.1) is 0 Å². The van der Waals surface area contributed by atoms with Gasteiger partial charge in [-0.15, -0.1) is 0 Å². The number of halogens is 3. The van der Waals surface area contributed by atoms with E-state index in [1.165, 1.54) is 0 Å². The van der Waals surface area contributed by atoms with Gasteiger partial charge < -0.3 is 20.1 Å². The van der Waals surface area contributed by atoms with Crippen molar-refractivity contribution in [2.75, 3.05) is 26.2 Å². The molecule has 33 heavy (non-hydrogen) atoms. The molecule has 0 aromatic heterocycles. The van der Waals surface area contributed by atoms with E-state index in [1.54, 1.807) is 0 Å². The highest BCUT2D eigenvalue weighted by Crippen LogP contribution is 2.44. The second-order valence-electron chi connectivity index (χ2n) is 7.31. The Kier molecular flexibility index (Phi) is 7.37. The van der Waals surface area contributed by atoms with Crippen LogP contribution in [0.3, 0.4) is 0 Å².